The maximum atomic E-state index is 8.65. The van der Waals surface area contributed by atoms with Gasteiger partial charge in [-0.25, -0.2) is 0 Å². The van der Waals surface area contributed by atoms with Crippen LogP contribution in [0.25, 0.3) is 0 Å². The van der Waals surface area contributed by atoms with Gasteiger partial charge in [0.1, 0.15) is 5.75 Å². The predicted molar refractivity (Wildman–Crippen MR) is 66.8 cm³/mol. The number of benzene rings is 1. The second-order valence-electron chi connectivity index (χ2n) is 4.12. The number of aliphatic hydroxyl groups is 1. The van der Waals surface area contributed by atoms with Crippen molar-refractivity contribution in [2.24, 2.45) is 0 Å². The average Bonchev–Trinajstić information content (AvgIpc) is 2.20. The van der Waals surface area contributed by atoms with Gasteiger partial charge >= 0.3 is 0 Å². The summed E-state index contributed by atoms with van der Waals surface area (Å²) in [5.74, 6) is 0.943. The van der Waals surface area contributed by atoms with Gasteiger partial charge in [-0.2, -0.15) is 0 Å². The van der Waals surface area contributed by atoms with E-state index in [1.807, 2.05) is 26.0 Å². The topological polar surface area (TPSA) is 55.5 Å². The average molecular weight is 223 g/mol. The van der Waals surface area contributed by atoms with Crippen molar-refractivity contribution < 1.29 is 9.84 Å². The number of rotatable bonds is 6. The van der Waals surface area contributed by atoms with Gasteiger partial charge in [-0.1, -0.05) is 0 Å². The second kappa shape index (κ2) is 6.38. The molecule has 3 heteroatoms. The number of unbranched alkanes of at least 4 members (excludes halogenated alkanes) is 2. The van der Waals surface area contributed by atoms with Crippen LogP contribution in [0, 0.1) is 13.8 Å². The third-order valence-electron chi connectivity index (χ3n) is 2.53. The molecule has 0 atom stereocenters. The highest BCUT2D eigenvalue weighted by molar-refractivity contribution is 5.52. The minimum atomic E-state index is 0.264. The number of hydrogen-bond donors (Lipinski definition) is 2. The van der Waals surface area contributed by atoms with Gasteiger partial charge in [0.25, 0.3) is 0 Å². The van der Waals surface area contributed by atoms with Crippen LogP contribution in [0.15, 0.2) is 12.1 Å². The van der Waals surface area contributed by atoms with Crippen LogP contribution in [0.2, 0.25) is 0 Å². The van der Waals surface area contributed by atoms with Crippen molar-refractivity contribution in [2.75, 3.05) is 18.9 Å². The summed E-state index contributed by atoms with van der Waals surface area (Å²) in [5, 5.41) is 8.65. The van der Waals surface area contributed by atoms with Gasteiger partial charge < -0.3 is 15.6 Å². The molecule has 1 rings (SSSR count). The summed E-state index contributed by atoms with van der Waals surface area (Å²) in [7, 11) is 0. The zero-order chi connectivity index (χ0) is 12.0. The number of aryl methyl sites for hydroxylation is 2. The molecule has 0 saturated heterocycles. The smallest absolute Gasteiger partial charge is 0.125 e. The third kappa shape index (κ3) is 3.74. The van der Waals surface area contributed by atoms with E-state index in [0.717, 1.165) is 41.8 Å². The first-order valence-electron chi connectivity index (χ1n) is 5.75. The molecule has 3 N–H and O–H groups in total. The molecule has 3 nitrogen and oxygen atoms in total. The maximum absolute atomic E-state index is 8.65. The molecule has 0 aliphatic heterocycles. The van der Waals surface area contributed by atoms with Crippen molar-refractivity contribution >= 4 is 5.69 Å². The number of nitrogens with two attached hydrogens (primary N) is 1. The first kappa shape index (κ1) is 12.8. The Morgan fingerprint density at radius 2 is 1.75 bits per heavy atom. The quantitative estimate of drug-likeness (QED) is 0.575. The molecular formula is C13H21NO2. The predicted octanol–water partition coefficient (Wildman–Crippen LogP) is 2.43. The van der Waals surface area contributed by atoms with E-state index in [4.69, 9.17) is 15.6 Å². The van der Waals surface area contributed by atoms with Crippen LogP contribution in [0.1, 0.15) is 30.4 Å². The van der Waals surface area contributed by atoms with E-state index in [0.29, 0.717) is 6.61 Å². The van der Waals surface area contributed by atoms with Gasteiger partial charge in [0.2, 0.25) is 0 Å². The molecule has 0 spiro atoms. The van der Waals surface area contributed by atoms with Gasteiger partial charge in [-0.15, -0.1) is 0 Å². The minimum Gasteiger partial charge on any atom is -0.493 e. The molecule has 0 aliphatic carbocycles. The first-order valence-corrected chi connectivity index (χ1v) is 5.75. The summed E-state index contributed by atoms with van der Waals surface area (Å²) in [5.41, 5.74) is 8.69. The fourth-order valence-corrected chi connectivity index (χ4v) is 1.78. The SMILES string of the molecule is Cc1cc(N)cc(C)c1OCCCCCO. The molecule has 0 amide bonds. The van der Waals surface area contributed by atoms with Crippen molar-refractivity contribution in [1.82, 2.24) is 0 Å². The molecule has 1 aromatic rings. The normalized spacial score (nSPS) is 10.4. The standard InChI is InChI=1S/C13H21NO2/c1-10-8-12(14)9-11(2)13(10)16-7-5-3-4-6-15/h8-9,15H,3-7,14H2,1-2H3. The van der Waals surface area contributed by atoms with Crippen LogP contribution in [0.4, 0.5) is 5.69 Å². The van der Waals surface area contributed by atoms with E-state index in [9.17, 15) is 0 Å². The lowest BCUT2D eigenvalue weighted by Gasteiger charge is -2.12. The lowest BCUT2D eigenvalue weighted by molar-refractivity contribution is 0.265. The Morgan fingerprint density at radius 1 is 1.12 bits per heavy atom. The van der Waals surface area contributed by atoms with E-state index in [-0.39, 0.29) is 6.61 Å². The fraction of sp³-hybridized carbons (Fsp3) is 0.538. The van der Waals surface area contributed by atoms with Crippen LogP contribution < -0.4 is 10.5 Å². The van der Waals surface area contributed by atoms with Crippen LogP contribution in [-0.4, -0.2) is 18.3 Å². The number of nitrogen functional groups attached to an aromatic ring is 1. The highest BCUT2D eigenvalue weighted by Crippen LogP contribution is 2.25. The number of anilines is 1. The van der Waals surface area contributed by atoms with E-state index in [1.54, 1.807) is 0 Å². The van der Waals surface area contributed by atoms with Crippen LogP contribution >= 0.6 is 0 Å². The number of ether oxygens (including phenoxy) is 1. The molecule has 0 saturated carbocycles. The molecule has 0 radical (unpaired) electrons. The maximum Gasteiger partial charge on any atom is 0.125 e. The summed E-state index contributed by atoms with van der Waals surface area (Å²) in [4.78, 5) is 0. The molecule has 90 valence electrons. The Labute approximate surface area is 97.2 Å². The third-order valence-corrected chi connectivity index (χ3v) is 2.53. The Kier molecular flexibility index (Phi) is 5.12. The Hall–Kier alpha value is -1.22. The minimum absolute atomic E-state index is 0.264. The first-order chi connectivity index (χ1) is 7.65. The van der Waals surface area contributed by atoms with Gasteiger partial charge in [0.15, 0.2) is 0 Å². The fourth-order valence-electron chi connectivity index (χ4n) is 1.78. The summed E-state index contributed by atoms with van der Waals surface area (Å²) in [6, 6.07) is 3.85. The zero-order valence-corrected chi connectivity index (χ0v) is 10.1. The van der Waals surface area contributed by atoms with Crippen molar-refractivity contribution in [1.29, 1.82) is 0 Å². The molecule has 0 aromatic heterocycles. The number of hydrogen-bond acceptors (Lipinski definition) is 3. The summed E-state index contributed by atoms with van der Waals surface area (Å²) in [6.45, 7) is 4.98. The van der Waals surface area contributed by atoms with Gasteiger partial charge in [-0.05, 0) is 56.4 Å². The lowest BCUT2D eigenvalue weighted by atomic mass is 10.1. The molecule has 0 unspecified atom stereocenters. The van der Waals surface area contributed by atoms with Crippen molar-refractivity contribution in [2.45, 2.75) is 33.1 Å². The van der Waals surface area contributed by atoms with Gasteiger partial charge in [0, 0.05) is 12.3 Å². The Morgan fingerprint density at radius 3 is 2.31 bits per heavy atom. The zero-order valence-electron chi connectivity index (χ0n) is 10.1. The number of aliphatic hydroxyl groups excluding tert-OH is 1. The van der Waals surface area contributed by atoms with E-state index >= 15 is 0 Å². The molecule has 0 bridgehead atoms. The monoisotopic (exact) mass is 223 g/mol. The summed E-state index contributed by atoms with van der Waals surface area (Å²) < 4.78 is 5.73. The van der Waals surface area contributed by atoms with E-state index in [2.05, 4.69) is 0 Å². The van der Waals surface area contributed by atoms with Crippen molar-refractivity contribution in [3.8, 4) is 5.75 Å². The van der Waals surface area contributed by atoms with Crippen LogP contribution in [0.3, 0.4) is 0 Å². The van der Waals surface area contributed by atoms with Gasteiger partial charge in [0.05, 0.1) is 6.61 Å². The molecule has 16 heavy (non-hydrogen) atoms. The molecule has 0 heterocycles. The molecule has 0 aliphatic rings. The van der Waals surface area contributed by atoms with E-state index in [1.165, 1.54) is 0 Å². The van der Waals surface area contributed by atoms with Gasteiger partial charge in [-0.3, -0.25) is 0 Å². The largest absolute Gasteiger partial charge is 0.493 e. The second-order valence-corrected chi connectivity index (χ2v) is 4.12. The van der Waals surface area contributed by atoms with Crippen LogP contribution in [-0.2, 0) is 0 Å². The lowest BCUT2D eigenvalue weighted by Crippen LogP contribution is -2.02. The highest BCUT2D eigenvalue weighted by atomic mass is 16.5. The summed E-state index contributed by atoms with van der Waals surface area (Å²) >= 11 is 0. The Balaban J connectivity index is 2.47. The van der Waals surface area contributed by atoms with Crippen molar-refractivity contribution in [3.05, 3.63) is 23.3 Å². The summed E-state index contributed by atoms with van der Waals surface area (Å²) in [6.07, 6.45) is 2.83. The van der Waals surface area contributed by atoms with E-state index < -0.39 is 0 Å². The molecule has 0 fully saturated rings. The van der Waals surface area contributed by atoms with Crippen molar-refractivity contribution in [3.63, 3.8) is 0 Å². The molecule has 1 aromatic carbocycles. The Bertz CT molecular complexity index is 314. The molecular weight excluding hydrogens is 202 g/mol. The highest BCUT2D eigenvalue weighted by Gasteiger charge is 2.04. The van der Waals surface area contributed by atoms with Crippen LogP contribution in [0.5, 0.6) is 5.75 Å².